The number of nitrogens with two attached hydrogens (primary N) is 1. The van der Waals surface area contributed by atoms with Crippen LogP contribution in [0.15, 0.2) is 28.4 Å². The predicted molar refractivity (Wildman–Crippen MR) is 52.4 cm³/mol. The van der Waals surface area contributed by atoms with Gasteiger partial charge in [0.15, 0.2) is 0 Å². The molecule has 0 radical (unpaired) electrons. The zero-order valence-electron chi connectivity index (χ0n) is 7.23. The third kappa shape index (κ3) is 1.64. The molecule has 2 N–H and O–H groups in total. The summed E-state index contributed by atoms with van der Waals surface area (Å²) in [6, 6.07) is 1.89. The first-order valence-electron chi connectivity index (χ1n) is 4.01. The van der Waals surface area contributed by atoms with Gasteiger partial charge in [0, 0.05) is 17.0 Å². The van der Waals surface area contributed by atoms with Crippen molar-refractivity contribution < 1.29 is 4.42 Å². The molecule has 0 aliphatic rings. The Bertz CT molecular complexity index is 378. The summed E-state index contributed by atoms with van der Waals surface area (Å²) >= 11 is 1.58. The molecule has 1 unspecified atom stereocenters. The average molecular weight is 194 g/mol. The number of hydrogen-bond acceptors (Lipinski definition) is 4. The summed E-state index contributed by atoms with van der Waals surface area (Å²) in [7, 11) is 0. The average Bonchev–Trinajstić information content (AvgIpc) is 2.75. The third-order valence-electron chi connectivity index (χ3n) is 1.76. The van der Waals surface area contributed by atoms with Gasteiger partial charge in [-0.05, 0) is 13.0 Å². The number of nitrogens with zero attached hydrogens (tertiary/aromatic N) is 1. The van der Waals surface area contributed by atoms with E-state index in [1.54, 1.807) is 23.9 Å². The van der Waals surface area contributed by atoms with E-state index in [1.807, 2.05) is 18.4 Å². The van der Waals surface area contributed by atoms with Crippen molar-refractivity contribution in [3.05, 3.63) is 29.7 Å². The molecule has 0 bridgehead atoms. The summed E-state index contributed by atoms with van der Waals surface area (Å²) in [6.07, 6.45) is 3.33. The Morgan fingerprint density at radius 3 is 3.00 bits per heavy atom. The molecule has 3 nitrogen and oxygen atoms in total. The van der Waals surface area contributed by atoms with E-state index < -0.39 is 0 Å². The van der Waals surface area contributed by atoms with E-state index in [4.69, 9.17) is 10.2 Å². The molecule has 0 aliphatic heterocycles. The molecule has 2 aromatic heterocycles. The molecular formula is C9H10N2OS. The second-order valence-corrected chi connectivity index (χ2v) is 3.74. The predicted octanol–water partition coefficient (Wildman–Crippen LogP) is 2.42. The van der Waals surface area contributed by atoms with Crippen molar-refractivity contribution >= 4 is 11.3 Å². The summed E-state index contributed by atoms with van der Waals surface area (Å²) in [5.74, 6) is 0. The van der Waals surface area contributed by atoms with Crippen molar-refractivity contribution in [1.29, 1.82) is 0 Å². The molecule has 68 valence electrons. The monoisotopic (exact) mass is 194 g/mol. The fourth-order valence-corrected chi connectivity index (χ4v) is 1.92. The lowest BCUT2D eigenvalue weighted by atomic mass is 10.3. The summed E-state index contributed by atoms with van der Waals surface area (Å²) in [6.45, 7) is 1.92. The van der Waals surface area contributed by atoms with Gasteiger partial charge in [-0.2, -0.15) is 0 Å². The van der Waals surface area contributed by atoms with E-state index in [-0.39, 0.29) is 6.04 Å². The van der Waals surface area contributed by atoms with Gasteiger partial charge in [-0.15, -0.1) is 11.3 Å². The van der Waals surface area contributed by atoms with Gasteiger partial charge in [0.1, 0.15) is 11.3 Å². The van der Waals surface area contributed by atoms with E-state index in [9.17, 15) is 0 Å². The SMILES string of the molecule is CC(N)c1csc(-c2ccoc2)n1. The number of furan rings is 1. The molecule has 0 aliphatic carbocycles. The first-order chi connectivity index (χ1) is 6.27. The number of hydrogen-bond donors (Lipinski definition) is 1. The van der Waals surface area contributed by atoms with E-state index in [0.717, 1.165) is 16.3 Å². The Hall–Kier alpha value is -1.13. The Balaban J connectivity index is 2.33. The molecule has 2 aromatic rings. The molecule has 2 rings (SSSR count). The maximum Gasteiger partial charge on any atom is 0.126 e. The first kappa shape index (κ1) is 8.47. The highest BCUT2D eigenvalue weighted by molar-refractivity contribution is 7.13. The minimum atomic E-state index is -0.00287. The summed E-state index contributed by atoms with van der Waals surface area (Å²) < 4.78 is 4.97. The third-order valence-corrected chi connectivity index (χ3v) is 2.67. The van der Waals surface area contributed by atoms with Crippen LogP contribution in [0.5, 0.6) is 0 Å². The molecule has 0 amide bonds. The molecule has 0 fully saturated rings. The number of thiazole rings is 1. The minimum Gasteiger partial charge on any atom is -0.472 e. The lowest BCUT2D eigenvalue weighted by molar-refractivity contribution is 0.568. The van der Waals surface area contributed by atoms with E-state index in [0.29, 0.717) is 0 Å². The Labute approximate surface area is 80.2 Å². The molecule has 0 saturated carbocycles. The molecule has 1 atom stereocenters. The van der Waals surface area contributed by atoms with Crippen molar-refractivity contribution in [2.24, 2.45) is 5.73 Å². The molecule has 4 heteroatoms. The summed E-state index contributed by atoms with van der Waals surface area (Å²) in [5, 5.41) is 2.94. The Kier molecular flexibility index (Phi) is 2.16. The smallest absolute Gasteiger partial charge is 0.126 e. The quantitative estimate of drug-likeness (QED) is 0.798. The molecule has 0 spiro atoms. The largest absolute Gasteiger partial charge is 0.472 e. The zero-order chi connectivity index (χ0) is 9.26. The van der Waals surface area contributed by atoms with E-state index in [2.05, 4.69) is 4.98 Å². The molecular weight excluding hydrogens is 184 g/mol. The van der Waals surface area contributed by atoms with Gasteiger partial charge in [0.05, 0.1) is 12.0 Å². The van der Waals surface area contributed by atoms with Crippen LogP contribution in [-0.2, 0) is 0 Å². The van der Waals surface area contributed by atoms with Crippen LogP contribution in [0.25, 0.3) is 10.6 Å². The summed E-state index contributed by atoms with van der Waals surface area (Å²) in [4.78, 5) is 4.39. The fraction of sp³-hybridized carbons (Fsp3) is 0.222. The maximum absolute atomic E-state index is 5.70. The van der Waals surface area contributed by atoms with Gasteiger partial charge < -0.3 is 10.2 Å². The second-order valence-electron chi connectivity index (χ2n) is 2.88. The number of rotatable bonds is 2. The normalized spacial score (nSPS) is 13.1. The number of aromatic nitrogens is 1. The van der Waals surface area contributed by atoms with Crippen LogP contribution < -0.4 is 5.73 Å². The van der Waals surface area contributed by atoms with Crippen LogP contribution in [0.3, 0.4) is 0 Å². The molecule has 0 saturated heterocycles. The van der Waals surface area contributed by atoms with Crippen LogP contribution >= 0.6 is 11.3 Å². The van der Waals surface area contributed by atoms with Crippen molar-refractivity contribution in [3.8, 4) is 10.6 Å². The Morgan fingerprint density at radius 1 is 1.62 bits per heavy atom. The van der Waals surface area contributed by atoms with Crippen molar-refractivity contribution in [3.63, 3.8) is 0 Å². The molecule has 2 heterocycles. The van der Waals surface area contributed by atoms with Crippen molar-refractivity contribution in [2.45, 2.75) is 13.0 Å². The van der Waals surface area contributed by atoms with Gasteiger partial charge in [-0.25, -0.2) is 4.98 Å². The lowest BCUT2D eigenvalue weighted by Gasteiger charge is -1.96. The maximum atomic E-state index is 5.70. The van der Waals surface area contributed by atoms with Gasteiger partial charge >= 0.3 is 0 Å². The molecule has 13 heavy (non-hydrogen) atoms. The van der Waals surface area contributed by atoms with Crippen LogP contribution in [0.2, 0.25) is 0 Å². The van der Waals surface area contributed by atoms with Crippen molar-refractivity contribution in [2.75, 3.05) is 0 Å². The standard InChI is InChI=1S/C9H10N2OS/c1-6(10)8-5-13-9(11-8)7-2-3-12-4-7/h2-6H,10H2,1H3. The minimum absolute atomic E-state index is 0.00287. The highest BCUT2D eigenvalue weighted by Gasteiger charge is 2.07. The van der Waals surface area contributed by atoms with Gasteiger partial charge in [0.2, 0.25) is 0 Å². The van der Waals surface area contributed by atoms with Crippen LogP contribution in [0.1, 0.15) is 18.7 Å². The fourth-order valence-electron chi connectivity index (χ4n) is 1.01. The summed E-state index contributed by atoms with van der Waals surface area (Å²) in [5.41, 5.74) is 7.64. The van der Waals surface area contributed by atoms with Gasteiger partial charge in [0.25, 0.3) is 0 Å². The molecule has 0 aromatic carbocycles. The second kappa shape index (κ2) is 3.32. The lowest BCUT2D eigenvalue weighted by Crippen LogP contribution is -2.04. The topological polar surface area (TPSA) is 52.0 Å². The first-order valence-corrected chi connectivity index (χ1v) is 4.89. The van der Waals surface area contributed by atoms with Crippen LogP contribution in [-0.4, -0.2) is 4.98 Å². The van der Waals surface area contributed by atoms with Gasteiger partial charge in [-0.1, -0.05) is 0 Å². The van der Waals surface area contributed by atoms with E-state index >= 15 is 0 Å². The highest BCUT2D eigenvalue weighted by atomic mass is 32.1. The Morgan fingerprint density at radius 2 is 2.46 bits per heavy atom. The van der Waals surface area contributed by atoms with Crippen LogP contribution in [0, 0.1) is 0 Å². The van der Waals surface area contributed by atoms with Gasteiger partial charge in [-0.3, -0.25) is 0 Å². The van der Waals surface area contributed by atoms with Crippen molar-refractivity contribution in [1.82, 2.24) is 4.98 Å². The van der Waals surface area contributed by atoms with E-state index in [1.165, 1.54) is 0 Å². The zero-order valence-corrected chi connectivity index (χ0v) is 8.04. The highest BCUT2D eigenvalue weighted by Crippen LogP contribution is 2.25. The van der Waals surface area contributed by atoms with Crippen LogP contribution in [0.4, 0.5) is 0 Å².